The maximum Gasteiger partial charge on any atom is 0.356 e. The van der Waals surface area contributed by atoms with E-state index in [4.69, 9.17) is 5.11 Å². The summed E-state index contributed by atoms with van der Waals surface area (Å²) in [6.07, 6.45) is 7.95. The fourth-order valence-electron chi connectivity index (χ4n) is 3.47. The second-order valence-corrected chi connectivity index (χ2v) is 8.81. The molecular formula is C20H27NO5P+. The number of benzene rings is 1. The zero-order valence-electron chi connectivity index (χ0n) is 15.8. The highest BCUT2D eigenvalue weighted by Crippen LogP contribution is 2.42. The van der Waals surface area contributed by atoms with E-state index < -0.39 is 19.0 Å². The first-order valence-corrected chi connectivity index (χ1v) is 10.6. The van der Waals surface area contributed by atoms with Crippen molar-refractivity contribution in [3.63, 3.8) is 0 Å². The number of carbonyl (C=O) groups is 1. The van der Waals surface area contributed by atoms with Gasteiger partial charge in [0.25, 0.3) is 0 Å². The minimum absolute atomic E-state index is 0.0182. The molecule has 2 rings (SSSR count). The monoisotopic (exact) mass is 392 g/mol. The van der Waals surface area contributed by atoms with Crippen LogP contribution in [-0.2, 0) is 14.8 Å². The lowest BCUT2D eigenvalue weighted by Gasteiger charge is -2.16. The number of rotatable bonds is 9. The molecule has 27 heavy (non-hydrogen) atoms. The van der Waals surface area contributed by atoms with Crippen LogP contribution in [0.1, 0.15) is 45.1 Å². The molecule has 0 aliphatic carbocycles. The van der Waals surface area contributed by atoms with E-state index in [9.17, 15) is 19.1 Å². The van der Waals surface area contributed by atoms with Crippen LogP contribution in [0, 0.1) is 0 Å². The lowest BCUT2D eigenvalue weighted by Crippen LogP contribution is -2.28. The van der Waals surface area contributed by atoms with Crippen LogP contribution >= 0.6 is 7.60 Å². The third-order valence-corrected chi connectivity index (χ3v) is 5.83. The summed E-state index contributed by atoms with van der Waals surface area (Å²) in [5.41, 5.74) is 2.41. The largest absolute Gasteiger partial charge is 0.481 e. The Morgan fingerprint density at radius 1 is 1.26 bits per heavy atom. The molecule has 0 saturated heterocycles. The lowest BCUT2D eigenvalue weighted by molar-refractivity contribution is -0.438. The van der Waals surface area contributed by atoms with Crippen molar-refractivity contribution >= 4 is 30.3 Å². The molecule has 0 aromatic heterocycles. The third kappa shape index (κ3) is 4.83. The van der Waals surface area contributed by atoms with Gasteiger partial charge >= 0.3 is 13.6 Å². The summed E-state index contributed by atoms with van der Waals surface area (Å²) < 4.78 is 13.8. The number of allylic oxidation sites excluding steroid dienone is 3. The van der Waals surface area contributed by atoms with Gasteiger partial charge in [-0.15, -0.1) is 0 Å². The molecule has 0 amide bonds. The van der Waals surface area contributed by atoms with Gasteiger partial charge in [0.1, 0.15) is 6.54 Å². The number of carboxylic acids is 1. The molecule has 0 spiro atoms. The van der Waals surface area contributed by atoms with E-state index in [1.807, 2.05) is 26.0 Å². The van der Waals surface area contributed by atoms with Crippen molar-refractivity contribution in [3.8, 4) is 0 Å². The smallest absolute Gasteiger partial charge is 0.356 e. The summed E-state index contributed by atoms with van der Waals surface area (Å²) in [6, 6.07) is 4.84. The molecule has 0 radical (unpaired) electrons. The van der Waals surface area contributed by atoms with Gasteiger partial charge in [-0.25, -0.2) is 0 Å². The zero-order valence-corrected chi connectivity index (χ0v) is 16.7. The molecule has 0 unspecified atom stereocenters. The topological polar surface area (TPSA) is 97.8 Å². The predicted octanol–water partition coefficient (Wildman–Crippen LogP) is 3.25. The van der Waals surface area contributed by atoms with Crippen molar-refractivity contribution in [1.82, 2.24) is 0 Å². The minimum atomic E-state index is -4.32. The maximum atomic E-state index is 11.7. The fraction of sp³-hybridized carbons (Fsp3) is 0.400. The van der Waals surface area contributed by atoms with Crippen LogP contribution in [0.5, 0.6) is 0 Å². The molecule has 0 fully saturated rings. The van der Waals surface area contributed by atoms with Gasteiger partial charge in [-0.1, -0.05) is 18.7 Å². The van der Waals surface area contributed by atoms with E-state index in [1.165, 1.54) is 6.07 Å². The van der Waals surface area contributed by atoms with Crippen LogP contribution in [0.4, 0.5) is 5.69 Å². The second-order valence-electron chi connectivity index (χ2n) is 7.21. The van der Waals surface area contributed by atoms with Crippen LogP contribution in [0.15, 0.2) is 43.0 Å². The first-order valence-electron chi connectivity index (χ1n) is 8.95. The Morgan fingerprint density at radius 3 is 2.56 bits per heavy atom. The van der Waals surface area contributed by atoms with Gasteiger partial charge in [0, 0.05) is 30.5 Å². The number of hydrogen-bond acceptors (Lipinski definition) is 2. The van der Waals surface area contributed by atoms with Crippen LogP contribution in [0.2, 0.25) is 0 Å². The molecule has 6 nitrogen and oxygen atoms in total. The van der Waals surface area contributed by atoms with E-state index in [2.05, 4.69) is 11.2 Å². The van der Waals surface area contributed by atoms with Crippen LogP contribution in [-0.4, -0.2) is 37.7 Å². The predicted molar refractivity (Wildman–Crippen MR) is 106 cm³/mol. The molecule has 1 aromatic rings. The second kappa shape index (κ2) is 8.34. The van der Waals surface area contributed by atoms with Crippen molar-refractivity contribution in [1.29, 1.82) is 0 Å². The molecule has 3 N–H and O–H groups in total. The summed E-state index contributed by atoms with van der Waals surface area (Å²) in [6.45, 7) is 8.49. The zero-order chi connectivity index (χ0) is 20.2. The number of hydrogen-bond donors (Lipinski definition) is 3. The molecule has 0 bridgehead atoms. The van der Waals surface area contributed by atoms with E-state index in [-0.39, 0.29) is 11.7 Å². The van der Waals surface area contributed by atoms with E-state index in [1.54, 1.807) is 18.2 Å². The van der Waals surface area contributed by atoms with Crippen molar-refractivity contribution in [2.45, 2.75) is 44.9 Å². The average Bonchev–Trinajstić information content (AvgIpc) is 2.78. The number of nitrogens with zero attached hydrogens (tertiary/aromatic N) is 1. The van der Waals surface area contributed by atoms with Gasteiger partial charge in [0.2, 0.25) is 5.69 Å². The lowest BCUT2D eigenvalue weighted by atomic mass is 9.81. The van der Waals surface area contributed by atoms with E-state index in [0.29, 0.717) is 13.0 Å². The molecule has 0 saturated carbocycles. The van der Waals surface area contributed by atoms with E-state index in [0.717, 1.165) is 29.8 Å². The van der Waals surface area contributed by atoms with Crippen molar-refractivity contribution < 1.29 is 28.8 Å². The summed E-state index contributed by atoms with van der Waals surface area (Å²) >= 11 is 0. The molecule has 1 aliphatic heterocycles. The Labute approximate surface area is 159 Å². The molecule has 0 atom stereocenters. The Balaban J connectivity index is 2.37. The van der Waals surface area contributed by atoms with Crippen LogP contribution in [0.3, 0.4) is 0 Å². The van der Waals surface area contributed by atoms with Gasteiger partial charge in [-0.05, 0) is 38.8 Å². The number of unbranched alkanes of at least 4 members (excludes halogenated alkanes) is 2. The van der Waals surface area contributed by atoms with Gasteiger partial charge in [0.05, 0.1) is 10.7 Å². The van der Waals surface area contributed by atoms with Crippen LogP contribution < -0.4 is 5.30 Å². The fourth-order valence-corrected chi connectivity index (χ4v) is 4.03. The molecule has 7 heteroatoms. The number of aliphatic carboxylic acids is 1. The molecular weight excluding hydrogens is 365 g/mol. The summed E-state index contributed by atoms with van der Waals surface area (Å²) in [4.78, 5) is 29.7. The standard InChI is InChI=1S/C20H26NO5P/c1-4-5-9-18-20(2,3)16-14-15(27(24,25)26)11-12-17(16)21(18)13-8-6-7-10-19(22)23/h4-5,9,11-12,14H,1,6-8,10,13H2,2-3H3,(H2-,22,23,24,25,26)/p+1. The average molecular weight is 392 g/mol. The molecule has 1 heterocycles. The van der Waals surface area contributed by atoms with Crippen molar-refractivity contribution in [2.75, 3.05) is 6.54 Å². The summed E-state index contributed by atoms with van der Waals surface area (Å²) in [7, 11) is -4.32. The normalized spacial score (nSPS) is 16.0. The Bertz CT molecular complexity index is 848. The molecule has 1 aliphatic rings. The highest BCUT2D eigenvalue weighted by Gasteiger charge is 2.44. The Morgan fingerprint density at radius 2 is 1.96 bits per heavy atom. The Hall–Kier alpha value is -2.01. The number of fused-ring (bicyclic) bond motifs is 1. The van der Waals surface area contributed by atoms with E-state index >= 15 is 0 Å². The summed E-state index contributed by atoms with van der Waals surface area (Å²) in [5.74, 6) is -0.784. The van der Waals surface area contributed by atoms with Gasteiger partial charge in [-0.2, -0.15) is 4.58 Å². The first kappa shape index (κ1) is 21.3. The molecule has 1 aromatic carbocycles. The van der Waals surface area contributed by atoms with Gasteiger partial charge in [0.15, 0.2) is 5.71 Å². The van der Waals surface area contributed by atoms with Gasteiger partial charge < -0.3 is 14.9 Å². The SMILES string of the molecule is C=CC=CC1=[N+](CCCCCC(=O)O)c2ccc(P(=O)(O)O)cc2C1(C)C. The van der Waals surface area contributed by atoms with Gasteiger partial charge in [-0.3, -0.25) is 9.36 Å². The van der Waals surface area contributed by atoms with Crippen molar-refractivity contribution in [3.05, 3.63) is 48.6 Å². The maximum absolute atomic E-state index is 11.7. The van der Waals surface area contributed by atoms with Crippen LogP contribution in [0.25, 0.3) is 0 Å². The summed E-state index contributed by atoms with van der Waals surface area (Å²) in [5, 5.41) is 8.78. The molecule has 146 valence electrons. The first-order chi connectivity index (χ1) is 12.6. The highest BCUT2D eigenvalue weighted by atomic mass is 31.2. The highest BCUT2D eigenvalue weighted by molar-refractivity contribution is 7.60. The minimum Gasteiger partial charge on any atom is -0.481 e. The third-order valence-electron chi connectivity index (χ3n) is 4.87. The quantitative estimate of drug-likeness (QED) is 0.259. The van der Waals surface area contributed by atoms with Crippen molar-refractivity contribution in [2.24, 2.45) is 0 Å². The number of carboxylic acid groups (broad SMARTS) is 1. The Kier molecular flexibility index (Phi) is 6.58.